The second-order valence-electron chi connectivity index (χ2n) is 9.24. The number of ether oxygens (including phenoxy) is 1. The first-order chi connectivity index (χ1) is 15.4. The van der Waals surface area contributed by atoms with Crippen LogP contribution in [0.5, 0.6) is 0 Å². The van der Waals surface area contributed by atoms with E-state index in [0.29, 0.717) is 27.5 Å². The number of anilines is 1. The quantitative estimate of drug-likeness (QED) is 0.295. The van der Waals surface area contributed by atoms with Crippen molar-refractivity contribution >= 4 is 42.4 Å². The Balaban J connectivity index is 2.40. The first-order valence-electron chi connectivity index (χ1n) is 10.9. The molecule has 0 aliphatic heterocycles. The Morgan fingerprint density at radius 1 is 1.06 bits per heavy atom. The standard InChI is InChI=1S/C24H30ClF2N3O2Si/c1-12(2)33(13(3)4,14(5)6)30-11-10-15-8-9-16(18(26)23(15)30)21-19(27)20(28)17(25)22(29-21)24(31)32-7/h8-14H,1-7H3,(H2,28,29). The molecule has 3 rings (SSSR count). The van der Waals surface area contributed by atoms with E-state index in [0.717, 1.165) is 7.11 Å². The zero-order chi connectivity index (χ0) is 24.8. The molecule has 3 aromatic rings. The van der Waals surface area contributed by atoms with Crippen molar-refractivity contribution in [2.45, 2.75) is 58.2 Å². The van der Waals surface area contributed by atoms with Crippen molar-refractivity contribution in [1.29, 1.82) is 0 Å². The minimum absolute atomic E-state index is 0.0901. The van der Waals surface area contributed by atoms with Crippen LogP contribution in [0.25, 0.3) is 22.2 Å². The molecule has 9 heteroatoms. The van der Waals surface area contributed by atoms with Crippen molar-refractivity contribution in [2.75, 3.05) is 12.8 Å². The van der Waals surface area contributed by atoms with Crippen LogP contribution in [-0.4, -0.2) is 30.5 Å². The van der Waals surface area contributed by atoms with Crippen LogP contribution in [0.1, 0.15) is 52.0 Å². The lowest BCUT2D eigenvalue weighted by Crippen LogP contribution is -2.51. The van der Waals surface area contributed by atoms with Gasteiger partial charge in [0.15, 0.2) is 25.6 Å². The number of benzene rings is 1. The molecule has 178 valence electrons. The van der Waals surface area contributed by atoms with Crippen LogP contribution in [0.4, 0.5) is 14.5 Å². The highest BCUT2D eigenvalue weighted by atomic mass is 35.5. The summed E-state index contributed by atoms with van der Waals surface area (Å²) < 4.78 is 38.1. The van der Waals surface area contributed by atoms with E-state index < -0.39 is 31.5 Å². The van der Waals surface area contributed by atoms with Gasteiger partial charge in [0.25, 0.3) is 0 Å². The number of esters is 1. The topological polar surface area (TPSA) is 70.1 Å². The number of fused-ring (bicyclic) bond motifs is 1. The van der Waals surface area contributed by atoms with Crippen LogP contribution in [0, 0.1) is 11.6 Å². The molecule has 0 unspecified atom stereocenters. The lowest BCUT2D eigenvalue weighted by atomic mass is 10.1. The van der Waals surface area contributed by atoms with Crippen molar-refractivity contribution in [3.63, 3.8) is 0 Å². The molecule has 33 heavy (non-hydrogen) atoms. The molecule has 0 fully saturated rings. The van der Waals surface area contributed by atoms with E-state index in [1.807, 2.05) is 12.3 Å². The SMILES string of the molecule is COC(=O)c1nc(-c2ccc3ccn([Si](C(C)C)(C(C)C)C(C)C)c3c2F)c(F)c(N)c1Cl. The van der Waals surface area contributed by atoms with Gasteiger partial charge in [-0.15, -0.1) is 0 Å². The van der Waals surface area contributed by atoms with E-state index in [2.05, 4.69) is 55.5 Å². The Labute approximate surface area is 199 Å². The van der Waals surface area contributed by atoms with Crippen molar-refractivity contribution in [1.82, 2.24) is 9.22 Å². The maximum atomic E-state index is 16.2. The number of hydrogen-bond donors (Lipinski definition) is 1. The molecule has 0 spiro atoms. The van der Waals surface area contributed by atoms with Gasteiger partial charge in [-0.25, -0.2) is 18.6 Å². The highest BCUT2D eigenvalue weighted by Crippen LogP contribution is 2.45. The normalized spacial score (nSPS) is 12.4. The number of rotatable bonds is 6. The molecule has 2 N–H and O–H groups in total. The molecule has 0 atom stereocenters. The van der Waals surface area contributed by atoms with Gasteiger partial charge in [-0.3, -0.25) is 0 Å². The first-order valence-corrected chi connectivity index (χ1v) is 13.5. The van der Waals surface area contributed by atoms with Crippen LogP contribution in [-0.2, 0) is 4.74 Å². The summed E-state index contributed by atoms with van der Waals surface area (Å²) in [6, 6.07) is 5.07. The number of methoxy groups -OCH3 is 1. The second-order valence-corrected chi connectivity index (χ2v) is 15.3. The van der Waals surface area contributed by atoms with Gasteiger partial charge in [-0.05, 0) is 35.0 Å². The molecule has 0 aliphatic rings. The lowest BCUT2D eigenvalue weighted by Gasteiger charge is -2.44. The van der Waals surface area contributed by atoms with E-state index in [9.17, 15) is 4.79 Å². The molecule has 0 saturated heterocycles. The third-order valence-electron chi connectivity index (χ3n) is 6.73. The predicted molar refractivity (Wildman–Crippen MR) is 132 cm³/mol. The second kappa shape index (κ2) is 9.06. The van der Waals surface area contributed by atoms with Crippen LogP contribution in [0.2, 0.25) is 21.6 Å². The number of halogens is 3. The molecule has 0 radical (unpaired) electrons. The fourth-order valence-corrected chi connectivity index (χ4v) is 12.3. The molecule has 2 aromatic heterocycles. The Morgan fingerprint density at radius 2 is 1.64 bits per heavy atom. The van der Waals surface area contributed by atoms with Gasteiger partial charge in [-0.2, -0.15) is 0 Å². The highest BCUT2D eigenvalue weighted by Gasteiger charge is 2.46. The summed E-state index contributed by atoms with van der Waals surface area (Å²) >= 11 is 6.02. The Hall–Kier alpha value is -2.45. The summed E-state index contributed by atoms with van der Waals surface area (Å²) in [5, 5.41) is 0.351. The van der Waals surface area contributed by atoms with E-state index in [1.165, 1.54) is 6.07 Å². The van der Waals surface area contributed by atoms with E-state index in [4.69, 9.17) is 17.3 Å². The molecule has 0 bridgehead atoms. The fourth-order valence-electron chi connectivity index (χ4n) is 5.50. The van der Waals surface area contributed by atoms with Crippen LogP contribution in [0.15, 0.2) is 24.4 Å². The molecular weight excluding hydrogens is 464 g/mol. The monoisotopic (exact) mass is 493 g/mol. The van der Waals surface area contributed by atoms with E-state index in [1.54, 1.807) is 6.07 Å². The summed E-state index contributed by atoms with van der Waals surface area (Å²) in [7, 11) is -1.15. The zero-order valence-corrected chi connectivity index (χ0v) is 21.7. The van der Waals surface area contributed by atoms with Gasteiger partial charge in [0.05, 0.1) is 23.3 Å². The highest BCUT2D eigenvalue weighted by molar-refractivity contribution is 6.82. The van der Waals surface area contributed by atoms with Crippen LogP contribution in [0.3, 0.4) is 0 Å². The maximum absolute atomic E-state index is 16.2. The largest absolute Gasteiger partial charge is 0.464 e. The molecule has 0 amide bonds. The van der Waals surface area contributed by atoms with Gasteiger partial charge in [0.1, 0.15) is 5.69 Å². The number of carbonyl (C=O) groups is 1. The van der Waals surface area contributed by atoms with Crippen LogP contribution >= 0.6 is 11.6 Å². The van der Waals surface area contributed by atoms with E-state index in [-0.39, 0.29) is 22.0 Å². The number of carbonyl (C=O) groups excluding carboxylic acids is 1. The Morgan fingerprint density at radius 3 is 2.15 bits per heavy atom. The van der Waals surface area contributed by atoms with Crippen molar-refractivity contribution in [3.05, 3.63) is 46.7 Å². The Bertz CT molecular complexity index is 1200. The van der Waals surface area contributed by atoms with Crippen molar-refractivity contribution in [2.24, 2.45) is 0 Å². The van der Waals surface area contributed by atoms with Crippen molar-refractivity contribution < 1.29 is 18.3 Å². The van der Waals surface area contributed by atoms with Gasteiger partial charge in [-0.1, -0.05) is 59.2 Å². The molecular formula is C24H30ClF2N3O2Si. The number of hydrogen-bond acceptors (Lipinski definition) is 4. The average Bonchev–Trinajstić information content (AvgIpc) is 3.17. The fraction of sp³-hybridized carbons (Fsp3) is 0.417. The van der Waals surface area contributed by atoms with Gasteiger partial charge < -0.3 is 14.7 Å². The molecule has 5 nitrogen and oxygen atoms in total. The number of nitrogens with zero attached hydrogens (tertiary/aromatic N) is 2. The first kappa shape index (κ1) is 25.2. The number of nitrogens with two attached hydrogens (primary N) is 1. The van der Waals surface area contributed by atoms with Crippen LogP contribution < -0.4 is 5.73 Å². The zero-order valence-electron chi connectivity index (χ0n) is 20.0. The summed E-state index contributed by atoms with van der Waals surface area (Å²) in [4.78, 5) is 16.1. The third-order valence-corrected chi connectivity index (χ3v) is 13.9. The summed E-state index contributed by atoms with van der Waals surface area (Å²) in [5.74, 6) is -2.48. The molecule has 1 aromatic carbocycles. The maximum Gasteiger partial charge on any atom is 0.358 e. The minimum Gasteiger partial charge on any atom is -0.464 e. The molecule has 2 heterocycles. The minimum atomic E-state index is -2.30. The molecule has 0 saturated carbocycles. The van der Waals surface area contributed by atoms with Gasteiger partial charge in [0.2, 0.25) is 0 Å². The average molecular weight is 494 g/mol. The number of aromatic nitrogens is 2. The number of nitrogen functional groups attached to an aromatic ring is 1. The van der Waals surface area contributed by atoms with Crippen molar-refractivity contribution in [3.8, 4) is 11.3 Å². The smallest absolute Gasteiger partial charge is 0.358 e. The number of pyridine rings is 1. The predicted octanol–water partition coefficient (Wildman–Crippen LogP) is 7.03. The molecule has 0 aliphatic carbocycles. The van der Waals surface area contributed by atoms with Gasteiger partial charge >= 0.3 is 5.97 Å². The third kappa shape index (κ3) is 3.73. The van der Waals surface area contributed by atoms with Gasteiger partial charge in [0, 0.05) is 10.9 Å². The lowest BCUT2D eigenvalue weighted by molar-refractivity contribution is 0.0594. The van der Waals surface area contributed by atoms with E-state index >= 15 is 8.78 Å². The Kier molecular flexibility index (Phi) is 6.91. The summed E-state index contributed by atoms with van der Waals surface area (Å²) in [5.41, 5.74) is 5.86. The summed E-state index contributed by atoms with van der Waals surface area (Å²) in [6.45, 7) is 13.1. The summed E-state index contributed by atoms with van der Waals surface area (Å²) in [6.07, 6.45) is 1.95.